The molecule has 3 nitrogen and oxygen atoms in total. The van der Waals surface area contributed by atoms with Gasteiger partial charge in [0.15, 0.2) is 11.6 Å². The lowest BCUT2D eigenvalue weighted by atomic mass is 9.62. The topological polar surface area (TPSA) is 35.5 Å². The Kier molecular flexibility index (Phi) is 4.45. The summed E-state index contributed by atoms with van der Waals surface area (Å²) in [4.78, 5) is 12.0. The predicted octanol–water partition coefficient (Wildman–Crippen LogP) is 4.24. The molecule has 0 saturated heterocycles. The Balaban J connectivity index is 1.80. The Hall–Kier alpha value is -2.50. The maximum absolute atomic E-state index is 14.3. The largest absolute Gasteiger partial charge is 0.486 e. The number of hydrogen-bond acceptors (Lipinski definition) is 3. The lowest BCUT2D eigenvalue weighted by molar-refractivity contribution is -0.177. The van der Waals surface area contributed by atoms with Crippen LogP contribution in [0.4, 0.5) is 13.2 Å². The first-order valence-corrected chi connectivity index (χ1v) is 7.79. The molecule has 1 saturated carbocycles. The third kappa shape index (κ3) is 3.34. The van der Waals surface area contributed by atoms with Gasteiger partial charge in [-0.05, 0) is 23.3 Å². The number of hydrogen-bond donors (Lipinski definition) is 0. The summed E-state index contributed by atoms with van der Waals surface area (Å²) in [7, 11) is 1.13. The van der Waals surface area contributed by atoms with Gasteiger partial charge in [-0.2, -0.15) is 0 Å². The normalized spacial score (nSPS) is 17.4. The molecule has 0 spiro atoms. The summed E-state index contributed by atoms with van der Waals surface area (Å²) in [6.07, 6.45) is -1.37. The van der Waals surface area contributed by atoms with Crippen molar-refractivity contribution in [2.45, 2.75) is 30.8 Å². The fourth-order valence-electron chi connectivity index (χ4n) is 3.14. The van der Waals surface area contributed by atoms with Gasteiger partial charge in [-0.3, -0.25) is 4.79 Å². The molecular formula is C19H17F3O3. The number of ether oxygens (including phenoxy) is 2. The SMILES string of the molecule is COC(=O)C1(c2ccc(OCc3ccccc3)c(F)c2)CC(F)(F)C1. The molecule has 0 amide bonds. The van der Waals surface area contributed by atoms with Crippen LogP contribution in [0.1, 0.15) is 24.0 Å². The van der Waals surface area contributed by atoms with E-state index in [9.17, 15) is 18.0 Å². The van der Waals surface area contributed by atoms with Crippen LogP contribution in [-0.4, -0.2) is 19.0 Å². The number of carbonyl (C=O) groups is 1. The van der Waals surface area contributed by atoms with E-state index in [1.165, 1.54) is 12.1 Å². The number of rotatable bonds is 5. The van der Waals surface area contributed by atoms with E-state index in [1.54, 1.807) is 0 Å². The van der Waals surface area contributed by atoms with Gasteiger partial charge in [-0.1, -0.05) is 36.4 Å². The van der Waals surface area contributed by atoms with Gasteiger partial charge in [0.25, 0.3) is 5.92 Å². The van der Waals surface area contributed by atoms with Crippen LogP contribution >= 0.6 is 0 Å². The number of benzene rings is 2. The highest BCUT2D eigenvalue weighted by atomic mass is 19.3. The molecule has 0 bridgehead atoms. The third-order valence-corrected chi connectivity index (χ3v) is 4.42. The molecule has 0 atom stereocenters. The number of methoxy groups -OCH3 is 1. The van der Waals surface area contributed by atoms with E-state index in [1.807, 2.05) is 30.3 Å². The Labute approximate surface area is 143 Å². The van der Waals surface area contributed by atoms with Gasteiger partial charge in [0.05, 0.1) is 7.11 Å². The summed E-state index contributed by atoms with van der Waals surface area (Å²) in [5.41, 5.74) is -0.456. The Morgan fingerprint density at radius 2 is 1.80 bits per heavy atom. The molecule has 0 heterocycles. The molecule has 0 unspecified atom stereocenters. The van der Waals surface area contributed by atoms with Crippen molar-refractivity contribution in [3.63, 3.8) is 0 Å². The minimum atomic E-state index is -2.95. The van der Waals surface area contributed by atoms with Gasteiger partial charge in [0, 0.05) is 12.8 Å². The number of alkyl halides is 2. The molecule has 0 N–H and O–H groups in total. The quantitative estimate of drug-likeness (QED) is 0.757. The van der Waals surface area contributed by atoms with E-state index >= 15 is 0 Å². The summed E-state index contributed by atoms with van der Waals surface area (Å²) in [6, 6.07) is 13.1. The van der Waals surface area contributed by atoms with Gasteiger partial charge >= 0.3 is 5.97 Å². The van der Waals surface area contributed by atoms with E-state index in [4.69, 9.17) is 4.74 Å². The molecule has 0 aromatic heterocycles. The molecule has 1 fully saturated rings. The van der Waals surface area contributed by atoms with Crippen molar-refractivity contribution in [1.29, 1.82) is 0 Å². The molecule has 2 aromatic carbocycles. The fourth-order valence-corrected chi connectivity index (χ4v) is 3.14. The van der Waals surface area contributed by atoms with Crippen molar-refractivity contribution >= 4 is 5.97 Å². The lowest BCUT2D eigenvalue weighted by Crippen LogP contribution is -2.54. The monoisotopic (exact) mass is 350 g/mol. The highest BCUT2D eigenvalue weighted by Crippen LogP contribution is 2.54. The first-order valence-electron chi connectivity index (χ1n) is 7.79. The summed E-state index contributed by atoms with van der Waals surface area (Å²) in [5, 5.41) is 0. The molecule has 1 aliphatic rings. The zero-order valence-corrected chi connectivity index (χ0v) is 13.6. The van der Waals surface area contributed by atoms with Gasteiger partial charge < -0.3 is 9.47 Å². The Morgan fingerprint density at radius 1 is 1.12 bits per heavy atom. The van der Waals surface area contributed by atoms with Crippen LogP contribution in [0.15, 0.2) is 48.5 Å². The van der Waals surface area contributed by atoms with Crippen molar-refractivity contribution in [3.05, 3.63) is 65.5 Å². The van der Waals surface area contributed by atoms with Crippen LogP contribution in [0.2, 0.25) is 0 Å². The first-order chi connectivity index (χ1) is 11.9. The van der Waals surface area contributed by atoms with Crippen LogP contribution < -0.4 is 4.74 Å². The second-order valence-electron chi connectivity index (χ2n) is 6.20. The van der Waals surface area contributed by atoms with Gasteiger partial charge in [0.1, 0.15) is 12.0 Å². The molecule has 0 radical (unpaired) electrons. The Morgan fingerprint density at radius 3 is 2.36 bits per heavy atom. The second kappa shape index (κ2) is 6.43. The highest BCUT2D eigenvalue weighted by molar-refractivity contribution is 5.85. The summed E-state index contributed by atoms with van der Waals surface area (Å²) in [5.74, 6) is -4.44. The molecule has 132 valence electrons. The highest BCUT2D eigenvalue weighted by Gasteiger charge is 2.62. The zero-order valence-electron chi connectivity index (χ0n) is 13.6. The van der Waals surface area contributed by atoms with Gasteiger partial charge in [0.2, 0.25) is 0 Å². The fraction of sp³-hybridized carbons (Fsp3) is 0.316. The van der Waals surface area contributed by atoms with E-state index in [0.29, 0.717) is 0 Å². The molecule has 25 heavy (non-hydrogen) atoms. The van der Waals surface area contributed by atoms with Gasteiger partial charge in [-0.25, -0.2) is 13.2 Å². The average Bonchev–Trinajstić information content (AvgIpc) is 2.58. The minimum absolute atomic E-state index is 0.00120. The molecule has 1 aliphatic carbocycles. The van der Waals surface area contributed by atoms with Crippen molar-refractivity contribution in [1.82, 2.24) is 0 Å². The van der Waals surface area contributed by atoms with Crippen molar-refractivity contribution in [2.75, 3.05) is 7.11 Å². The van der Waals surface area contributed by atoms with Crippen LogP contribution in [0.3, 0.4) is 0 Å². The Bertz CT molecular complexity index is 767. The average molecular weight is 350 g/mol. The molecule has 2 aromatic rings. The van der Waals surface area contributed by atoms with E-state index < -0.39 is 36.0 Å². The van der Waals surface area contributed by atoms with Crippen molar-refractivity contribution in [3.8, 4) is 5.75 Å². The summed E-state index contributed by atoms with van der Waals surface area (Å²) >= 11 is 0. The molecule has 0 aliphatic heterocycles. The van der Waals surface area contributed by atoms with Crippen LogP contribution in [0.5, 0.6) is 5.75 Å². The second-order valence-corrected chi connectivity index (χ2v) is 6.20. The zero-order chi connectivity index (χ0) is 18.1. The van der Waals surface area contributed by atoms with Gasteiger partial charge in [-0.15, -0.1) is 0 Å². The number of esters is 1. The standard InChI is InChI=1S/C19H17F3O3/c1-24-17(23)18(11-19(21,22)12-18)14-7-8-16(15(20)9-14)25-10-13-5-3-2-4-6-13/h2-9H,10-12H2,1H3. The smallest absolute Gasteiger partial charge is 0.316 e. The van der Waals surface area contributed by atoms with Crippen molar-refractivity contribution in [2.24, 2.45) is 0 Å². The summed E-state index contributed by atoms with van der Waals surface area (Å²) < 4.78 is 51.2. The predicted molar refractivity (Wildman–Crippen MR) is 85.0 cm³/mol. The third-order valence-electron chi connectivity index (χ3n) is 4.42. The lowest BCUT2D eigenvalue weighted by Gasteiger charge is -2.45. The minimum Gasteiger partial charge on any atom is -0.486 e. The van der Waals surface area contributed by atoms with E-state index in [0.717, 1.165) is 18.7 Å². The molecule has 6 heteroatoms. The number of halogens is 3. The van der Waals surface area contributed by atoms with E-state index in [2.05, 4.69) is 4.74 Å². The maximum atomic E-state index is 14.3. The maximum Gasteiger partial charge on any atom is 0.316 e. The van der Waals surface area contributed by atoms with Crippen LogP contribution in [0, 0.1) is 5.82 Å². The molecule has 3 rings (SSSR count). The molecular weight excluding hydrogens is 333 g/mol. The van der Waals surface area contributed by atoms with E-state index in [-0.39, 0.29) is 17.9 Å². The summed E-state index contributed by atoms with van der Waals surface area (Å²) in [6.45, 7) is 0.178. The van der Waals surface area contributed by atoms with Crippen LogP contribution in [-0.2, 0) is 21.6 Å². The van der Waals surface area contributed by atoms with Crippen LogP contribution in [0.25, 0.3) is 0 Å². The first kappa shape index (κ1) is 17.3. The number of carbonyl (C=O) groups excluding carboxylic acids is 1. The van der Waals surface area contributed by atoms with Crippen molar-refractivity contribution < 1.29 is 27.4 Å².